The zero-order valence-electron chi connectivity index (χ0n) is 11.5. The van der Waals surface area contributed by atoms with Crippen LogP contribution in [0.4, 0.5) is 0 Å². The molecule has 1 aromatic carbocycles. The van der Waals surface area contributed by atoms with Gasteiger partial charge in [-0.3, -0.25) is 9.78 Å². The average molecular weight is 269 g/mol. The Morgan fingerprint density at radius 1 is 1.25 bits per heavy atom. The van der Waals surface area contributed by atoms with E-state index in [0.717, 1.165) is 22.4 Å². The molecule has 0 aliphatic heterocycles. The molecule has 2 aromatic heterocycles. The lowest BCUT2D eigenvalue weighted by Crippen LogP contribution is -2.26. The third-order valence-corrected chi connectivity index (χ3v) is 3.45. The van der Waals surface area contributed by atoms with Crippen molar-refractivity contribution < 1.29 is 4.52 Å². The second-order valence-corrected chi connectivity index (χ2v) is 4.82. The summed E-state index contributed by atoms with van der Waals surface area (Å²) in [5.41, 5.74) is 2.98. The first kappa shape index (κ1) is 12.6. The molecule has 0 aliphatic rings. The minimum Gasteiger partial charge on any atom is -0.356 e. The van der Waals surface area contributed by atoms with Gasteiger partial charge < -0.3 is 9.09 Å². The number of hydrogen-bond acceptors (Lipinski definition) is 4. The Balaban J connectivity index is 1.91. The van der Waals surface area contributed by atoms with E-state index in [0.29, 0.717) is 18.7 Å². The first-order chi connectivity index (χ1) is 9.66. The van der Waals surface area contributed by atoms with Crippen molar-refractivity contribution >= 4 is 11.0 Å². The topological polar surface area (TPSA) is 60.9 Å². The van der Waals surface area contributed by atoms with E-state index >= 15 is 0 Å². The van der Waals surface area contributed by atoms with E-state index in [1.807, 2.05) is 31.2 Å². The van der Waals surface area contributed by atoms with Gasteiger partial charge in [0.2, 0.25) is 0 Å². The maximum absolute atomic E-state index is 12.1. The standard InChI is InChI=1S/C15H15N3O2/c1-10-9-16-11(2)15(19)18(10)8-7-13-12-5-3-4-6-14(12)20-17-13/h3-6,9H,7-8H2,1-2H3. The van der Waals surface area contributed by atoms with Crippen LogP contribution in [0, 0.1) is 13.8 Å². The number of nitrogens with zero attached hydrogens (tertiary/aromatic N) is 3. The van der Waals surface area contributed by atoms with E-state index in [1.165, 1.54) is 0 Å². The van der Waals surface area contributed by atoms with Crippen molar-refractivity contribution in [2.75, 3.05) is 0 Å². The van der Waals surface area contributed by atoms with Gasteiger partial charge in [0.15, 0.2) is 5.58 Å². The van der Waals surface area contributed by atoms with Gasteiger partial charge in [0.25, 0.3) is 5.56 Å². The second kappa shape index (κ2) is 4.92. The molecule has 0 spiro atoms. The van der Waals surface area contributed by atoms with Crippen molar-refractivity contribution in [2.24, 2.45) is 0 Å². The van der Waals surface area contributed by atoms with E-state index in [2.05, 4.69) is 10.1 Å². The number of hydrogen-bond donors (Lipinski definition) is 0. The van der Waals surface area contributed by atoms with Crippen molar-refractivity contribution in [3.63, 3.8) is 0 Å². The number of aromatic nitrogens is 3. The van der Waals surface area contributed by atoms with Crippen LogP contribution in [0.25, 0.3) is 11.0 Å². The molecule has 102 valence electrons. The zero-order valence-corrected chi connectivity index (χ0v) is 11.5. The highest BCUT2D eigenvalue weighted by Gasteiger charge is 2.09. The van der Waals surface area contributed by atoms with Crippen LogP contribution in [0.5, 0.6) is 0 Å². The van der Waals surface area contributed by atoms with Crippen molar-refractivity contribution in [1.82, 2.24) is 14.7 Å². The van der Waals surface area contributed by atoms with Gasteiger partial charge >= 0.3 is 0 Å². The van der Waals surface area contributed by atoms with Crippen molar-refractivity contribution in [3.8, 4) is 0 Å². The van der Waals surface area contributed by atoms with Crippen LogP contribution in [0.2, 0.25) is 0 Å². The second-order valence-electron chi connectivity index (χ2n) is 4.82. The largest absolute Gasteiger partial charge is 0.356 e. The van der Waals surface area contributed by atoms with Crippen LogP contribution in [0.15, 0.2) is 39.8 Å². The van der Waals surface area contributed by atoms with Gasteiger partial charge in [-0.15, -0.1) is 0 Å². The summed E-state index contributed by atoms with van der Waals surface area (Å²) < 4.78 is 7.00. The molecule has 0 amide bonds. The molecule has 0 atom stereocenters. The molecule has 5 heteroatoms. The monoisotopic (exact) mass is 269 g/mol. The predicted octanol–water partition coefficient (Wildman–Crippen LogP) is 2.24. The van der Waals surface area contributed by atoms with Crippen molar-refractivity contribution in [3.05, 3.63) is 57.9 Å². The van der Waals surface area contributed by atoms with Crippen molar-refractivity contribution in [2.45, 2.75) is 26.8 Å². The first-order valence-electron chi connectivity index (χ1n) is 6.53. The smallest absolute Gasteiger partial charge is 0.272 e. The Morgan fingerprint density at radius 2 is 2.05 bits per heavy atom. The highest BCUT2D eigenvalue weighted by molar-refractivity contribution is 5.79. The summed E-state index contributed by atoms with van der Waals surface area (Å²) in [4.78, 5) is 16.1. The molecular weight excluding hydrogens is 254 g/mol. The molecule has 0 N–H and O–H groups in total. The van der Waals surface area contributed by atoms with E-state index in [4.69, 9.17) is 4.52 Å². The fourth-order valence-electron chi connectivity index (χ4n) is 2.28. The minimum absolute atomic E-state index is 0.0437. The predicted molar refractivity (Wildman–Crippen MR) is 75.7 cm³/mol. The first-order valence-corrected chi connectivity index (χ1v) is 6.53. The molecule has 5 nitrogen and oxygen atoms in total. The summed E-state index contributed by atoms with van der Waals surface area (Å²) in [6.07, 6.45) is 2.37. The third kappa shape index (κ3) is 2.11. The fourth-order valence-corrected chi connectivity index (χ4v) is 2.28. The maximum Gasteiger partial charge on any atom is 0.272 e. The Bertz CT molecular complexity index is 817. The molecule has 0 radical (unpaired) electrons. The van der Waals surface area contributed by atoms with Gasteiger partial charge in [0.1, 0.15) is 5.69 Å². The summed E-state index contributed by atoms with van der Waals surface area (Å²) in [6.45, 7) is 4.18. The van der Waals surface area contributed by atoms with Crippen LogP contribution in [-0.2, 0) is 13.0 Å². The van der Waals surface area contributed by atoms with Gasteiger partial charge in [-0.1, -0.05) is 17.3 Å². The van der Waals surface area contributed by atoms with E-state index in [-0.39, 0.29) is 5.56 Å². The summed E-state index contributed by atoms with van der Waals surface area (Å²) in [7, 11) is 0. The molecule has 0 bridgehead atoms. The molecule has 0 fully saturated rings. The Hall–Kier alpha value is -2.43. The van der Waals surface area contributed by atoms with Crippen molar-refractivity contribution in [1.29, 1.82) is 0 Å². The summed E-state index contributed by atoms with van der Waals surface area (Å²) in [5.74, 6) is 0. The zero-order chi connectivity index (χ0) is 14.1. The molecule has 0 aliphatic carbocycles. The lowest BCUT2D eigenvalue weighted by molar-refractivity contribution is 0.442. The molecule has 3 aromatic rings. The molecule has 2 heterocycles. The third-order valence-electron chi connectivity index (χ3n) is 3.45. The summed E-state index contributed by atoms with van der Waals surface area (Å²) in [5, 5.41) is 5.09. The van der Waals surface area contributed by atoms with E-state index in [9.17, 15) is 4.79 Å². The quantitative estimate of drug-likeness (QED) is 0.731. The molecule has 0 saturated carbocycles. The Kier molecular flexibility index (Phi) is 3.10. The fraction of sp³-hybridized carbons (Fsp3) is 0.267. The highest BCUT2D eigenvalue weighted by atomic mass is 16.5. The highest BCUT2D eigenvalue weighted by Crippen LogP contribution is 2.18. The lowest BCUT2D eigenvalue weighted by Gasteiger charge is -2.08. The number of fused-ring (bicyclic) bond motifs is 1. The molecule has 0 unspecified atom stereocenters. The Labute approximate surface area is 115 Å². The van der Waals surface area contributed by atoms with Gasteiger partial charge in [-0.05, 0) is 26.0 Å². The summed E-state index contributed by atoms with van der Waals surface area (Å²) >= 11 is 0. The number of para-hydroxylation sites is 1. The lowest BCUT2D eigenvalue weighted by atomic mass is 10.2. The average Bonchev–Trinajstić information content (AvgIpc) is 2.87. The molecule has 20 heavy (non-hydrogen) atoms. The Morgan fingerprint density at radius 3 is 2.90 bits per heavy atom. The normalized spacial score (nSPS) is 11.1. The molecule has 0 saturated heterocycles. The number of aryl methyl sites for hydroxylation is 3. The van der Waals surface area contributed by atoms with Gasteiger partial charge in [-0.2, -0.15) is 0 Å². The minimum atomic E-state index is -0.0437. The van der Waals surface area contributed by atoms with Gasteiger partial charge in [0.05, 0.1) is 5.69 Å². The SMILES string of the molecule is Cc1ncc(C)n(CCc2noc3ccccc23)c1=O. The number of rotatable bonds is 3. The van der Waals surface area contributed by atoms with Crippen LogP contribution < -0.4 is 5.56 Å². The molecule has 3 rings (SSSR count). The maximum atomic E-state index is 12.1. The van der Waals surface area contributed by atoms with E-state index in [1.54, 1.807) is 17.7 Å². The van der Waals surface area contributed by atoms with Crippen LogP contribution in [0.3, 0.4) is 0 Å². The summed E-state index contributed by atoms with van der Waals surface area (Å²) in [6, 6.07) is 7.74. The van der Waals surface area contributed by atoms with Crippen LogP contribution in [0.1, 0.15) is 17.1 Å². The van der Waals surface area contributed by atoms with Gasteiger partial charge in [0, 0.05) is 30.2 Å². The van der Waals surface area contributed by atoms with Crippen LogP contribution >= 0.6 is 0 Å². The van der Waals surface area contributed by atoms with Crippen LogP contribution in [-0.4, -0.2) is 14.7 Å². The van der Waals surface area contributed by atoms with Gasteiger partial charge in [-0.25, -0.2) is 0 Å². The van der Waals surface area contributed by atoms with E-state index < -0.39 is 0 Å². The molecular formula is C15H15N3O2. The number of benzene rings is 1.